The average molecular weight is 266 g/mol. The molecule has 5 nitrogen and oxygen atoms in total. The Bertz CT molecular complexity index is 391. The molecule has 1 fully saturated rings. The second kappa shape index (κ2) is 6.73. The van der Waals surface area contributed by atoms with Crippen molar-refractivity contribution >= 4 is 5.91 Å². The molecule has 1 aliphatic rings. The molecule has 1 amide bonds. The van der Waals surface area contributed by atoms with Crippen molar-refractivity contribution in [1.82, 2.24) is 10.2 Å². The lowest BCUT2D eigenvalue weighted by molar-refractivity contribution is -0.124. The van der Waals surface area contributed by atoms with Crippen LogP contribution in [-0.2, 0) is 4.79 Å². The van der Waals surface area contributed by atoms with Crippen molar-refractivity contribution in [1.29, 1.82) is 0 Å². The highest BCUT2D eigenvalue weighted by molar-refractivity contribution is 5.78. The van der Waals surface area contributed by atoms with Crippen LogP contribution in [-0.4, -0.2) is 41.7 Å². The molecule has 2 N–H and O–H groups in total. The molecular weight excluding hydrogens is 244 g/mol. The van der Waals surface area contributed by atoms with Gasteiger partial charge in [-0.25, -0.2) is 0 Å². The number of hydrogen-bond donors (Lipinski definition) is 2. The lowest BCUT2D eigenvalue weighted by Gasteiger charge is -2.34. The number of rotatable bonds is 5. The van der Waals surface area contributed by atoms with E-state index < -0.39 is 0 Å². The molecule has 0 aliphatic carbocycles. The Morgan fingerprint density at radius 3 is 3.16 bits per heavy atom. The van der Waals surface area contributed by atoms with Crippen molar-refractivity contribution in [3.8, 4) is 0 Å². The molecule has 0 radical (unpaired) electrons. The minimum atomic E-state index is -0.125. The molecule has 0 bridgehead atoms. The van der Waals surface area contributed by atoms with E-state index in [0.717, 1.165) is 31.6 Å². The van der Waals surface area contributed by atoms with Crippen LogP contribution in [0.15, 0.2) is 22.8 Å². The van der Waals surface area contributed by atoms with Crippen LogP contribution in [0.25, 0.3) is 0 Å². The van der Waals surface area contributed by atoms with E-state index >= 15 is 0 Å². The summed E-state index contributed by atoms with van der Waals surface area (Å²) in [7, 11) is 0. The average Bonchev–Trinajstić information content (AvgIpc) is 2.93. The van der Waals surface area contributed by atoms with E-state index in [-0.39, 0.29) is 24.6 Å². The van der Waals surface area contributed by atoms with Crippen LogP contribution in [0.5, 0.6) is 0 Å². The maximum absolute atomic E-state index is 12.0. The van der Waals surface area contributed by atoms with Crippen molar-refractivity contribution in [3.05, 3.63) is 24.2 Å². The SMILES string of the molecule is CC(NC(=O)CN1CCCCC1CO)c1ccco1. The molecule has 1 saturated heterocycles. The Morgan fingerprint density at radius 2 is 2.47 bits per heavy atom. The Balaban J connectivity index is 1.83. The van der Waals surface area contributed by atoms with Crippen molar-refractivity contribution in [2.45, 2.75) is 38.3 Å². The lowest BCUT2D eigenvalue weighted by atomic mass is 10.0. The number of piperidine rings is 1. The molecule has 0 aromatic carbocycles. The maximum atomic E-state index is 12.0. The van der Waals surface area contributed by atoms with Gasteiger partial charge >= 0.3 is 0 Å². The smallest absolute Gasteiger partial charge is 0.234 e. The summed E-state index contributed by atoms with van der Waals surface area (Å²) in [5.74, 6) is 0.731. The molecule has 1 aliphatic heterocycles. The molecular formula is C14H22N2O3. The summed E-state index contributed by atoms with van der Waals surface area (Å²) in [5.41, 5.74) is 0. The lowest BCUT2D eigenvalue weighted by Crippen LogP contribution is -2.47. The third kappa shape index (κ3) is 3.81. The Labute approximate surface area is 113 Å². The number of likely N-dealkylation sites (tertiary alicyclic amines) is 1. The number of amides is 1. The van der Waals surface area contributed by atoms with Gasteiger partial charge in [0.1, 0.15) is 5.76 Å². The van der Waals surface area contributed by atoms with Gasteiger partial charge in [-0.05, 0) is 38.4 Å². The third-order valence-electron chi connectivity index (χ3n) is 3.65. The number of furan rings is 1. The minimum Gasteiger partial charge on any atom is -0.467 e. The number of aliphatic hydroxyl groups excluding tert-OH is 1. The molecule has 0 saturated carbocycles. The first-order valence-electron chi connectivity index (χ1n) is 6.88. The fourth-order valence-electron chi connectivity index (χ4n) is 2.56. The van der Waals surface area contributed by atoms with Crippen LogP contribution in [0.1, 0.15) is 38.0 Å². The fraction of sp³-hybridized carbons (Fsp3) is 0.643. The van der Waals surface area contributed by atoms with Gasteiger partial charge in [-0.1, -0.05) is 6.42 Å². The first-order valence-corrected chi connectivity index (χ1v) is 6.88. The van der Waals surface area contributed by atoms with E-state index in [1.54, 1.807) is 6.26 Å². The largest absolute Gasteiger partial charge is 0.467 e. The predicted molar refractivity (Wildman–Crippen MR) is 71.6 cm³/mol. The molecule has 19 heavy (non-hydrogen) atoms. The topological polar surface area (TPSA) is 65.7 Å². The Hall–Kier alpha value is -1.33. The molecule has 5 heteroatoms. The van der Waals surface area contributed by atoms with E-state index in [0.29, 0.717) is 6.54 Å². The first-order chi connectivity index (χ1) is 9.20. The van der Waals surface area contributed by atoms with Gasteiger partial charge in [-0.2, -0.15) is 0 Å². The first kappa shape index (κ1) is 14.1. The van der Waals surface area contributed by atoms with Crippen molar-refractivity contribution in [2.75, 3.05) is 19.7 Å². The quantitative estimate of drug-likeness (QED) is 0.843. The van der Waals surface area contributed by atoms with E-state index in [1.165, 1.54) is 0 Å². The fourth-order valence-corrected chi connectivity index (χ4v) is 2.56. The highest BCUT2D eigenvalue weighted by atomic mass is 16.3. The number of hydrogen-bond acceptors (Lipinski definition) is 4. The molecule has 2 heterocycles. The Morgan fingerprint density at radius 1 is 1.63 bits per heavy atom. The summed E-state index contributed by atoms with van der Waals surface area (Å²) in [5, 5.41) is 12.2. The van der Waals surface area contributed by atoms with Crippen molar-refractivity contribution in [3.63, 3.8) is 0 Å². The van der Waals surface area contributed by atoms with Gasteiger partial charge < -0.3 is 14.8 Å². The molecule has 0 spiro atoms. The van der Waals surface area contributed by atoms with Crippen molar-refractivity contribution < 1.29 is 14.3 Å². The second-order valence-corrected chi connectivity index (χ2v) is 5.11. The zero-order chi connectivity index (χ0) is 13.7. The summed E-state index contributed by atoms with van der Waals surface area (Å²) in [4.78, 5) is 14.1. The van der Waals surface area contributed by atoms with Crippen LogP contribution in [0, 0.1) is 0 Å². The standard InChI is InChI=1S/C14H22N2O3/c1-11(13-6-4-8-19-13)15-14(18)9-16-7-3-2-5-12(16)10-17/h4,6,8,11-12,17H,2-3,5,7,9-10H2,1H3,(H,15,18). The van der Waals surface area contributed by atoms with Gasteiger partial charge in [-0.3, -0.25) is 9.69 Å². The molecule has 1 aromatic rings. The van der Waals surface area contributed by atoms with Gasteiger partial charge in [0.15, 0.2) is 0 Å². The zero-order valence-corrected chi connectivity index (χ0v) is 11.3. The predicted octanol–water partition coefficient (Wildman–Crippen LogP) is 1.30. The summed E-state index contributed by atoms with van der Waals surface area (Å²) < 4.78 is 5.26. The normalized spacial score (nSPS) is 22.1. The third-order valence-corrected chi connectivity index (χ3v) is 3.65. The summed E-state index contributed by atoms with van der Waals surface area (Å²) >= 11 is 0. The minimum absolute atomic E-state index is 0.0238. The Kier molecular flexibility index (Phi) is 4.99. The number of carbonyl (C=O) groups is 1. The van der Waals surface area contributed by atoms with Crippen LogP contribution in [0.3, 0.4) is 0 Å². The maximum Gasteiger partial charge on any atom is 0.234 e. The van der Waals surface area contributed by atoms with Gasteiger partial charge in [0.2, 0.25) is 5.91 Å². The van der Waals surface area contributed by atoms with Gasteiger partial charge in [0, 0.05) is 6.04 Å². The van der Waals surface area contributed by atoms with Crippen LogP contribution in [0.2, 0.25) is 0 Å². The molecule has 2 rings (SSSR count). The van der Waals surface area contributed by atoms with E-state index in [9.17, 15) is 9.90 Å². The van der Waals surface area contributed by atoms with Gasteiger partial charge in [0.25, 0.3) is 0 Å². The zero-order valence-electron chi connectivity index (χ0n) is 11.3. The highest BCUT2D eigenvalue weighted by Gasteiger charge is 2.24. The number of nitrogens with zero attached hydrogens (tertiary/aromatic N) is 1. The summed E-state index contributed by atoms with van der Waals surface area (Å²) in [6.07, 6.45) is 4.80. The molecule has 2 unspecified atom stereocenters. The summed E-state index contributed by atoms with van der Waals surface area (Å²) in [6.45, 7) is 3.25. The molecule has 1 aromatic heterocycles. The second-order valence-electron chi connectivity index (χ2n) is 5.11. The van der Waals surface area contributed by atoms with Crippen LogP contribution in [0.4, 0.5) is 0 Å². The molecule has 106 valence electrons. The van der Waals surface area contributed by atoms with Gasteiger partial charge in [-0.15, -0.1) is 0 Å². The monoisotopic (exact) mass is 266 g/mol. The molecule has 2 atom stereocenters. The van der Waals surface area contributed by atoms with E-state index in [1.807, 2.05) is 19.1 Å². The van der Waals surface area contributed by atoms with Crippen molar-refractivity contribution in [2.24, 2.45) is 0 Å². The van der Waals surface area contributed by atoms with Crippen LogP contribution < -0.4 is 5.32 Å². The van der Waals surface area contributed by atoms with Gasteiger partial charge in [0.05, 0.1) is 25.5 Å². The van der Waals surface area contributed by atoms with E-state index in [4.69, 9.17) is 4.42 Å². The summed E-state index contributed by atoms with van der Waals surface area (Å²) in [6, 6.07) is 3.66. The van der Waals surface area contributed by atoms with Crippen LogP contribution >= 0.6 is 0 Å². The highest BCUT2D eigenvalue weighted by Crippen LogP contribution is 2.16. The number of nitrogens with one attached hydrogen (secondary N) is 1. The number of carbonyl (C=O) groups excluding carboxylic acids is 1. The number of aliphatic hydroxyl groups is 1. The van der Waals surface area contributed by atoms with E-state index in [2.05, 4.69) is 10.2 Å².